The van der Waals surface area contributed by atoms with Gasteiger partial charge >= 0.3 is 11.8 Å². The van der Waals surface area contributed by atoms with Gasteiger partial charge in [-0.1, -0.05) is 36.4 Å². The monoisotopic (exact) mass is 389 g/mol. The number of aromatic nitrogens is 3. The third kappa shape index (κ3) is 3.86. The lowest BCUT2D eigenvalue weighted by Crippen LogP contribution is -2.40. The Labute approximate surface area is 165 Å². The molecule has 2 amide bonds. The molecule has 0 aliphatic rings. The van der Waals surface area contributed by atoms with Crippen molar-refractivity contribution < 1.29 is 9.59 Å². The lowest BCUT2D eigenvalue weighted by molar-refractivity contribution is -0.139. The summed E-state index contributed by atoms with van der Waals surface area (Å²) in [5.74, 6) is -1.46. The molecule has 0 bridgehead atoms. The second-order valence-corrected chi connectivity index (χ2v) is 6.59. The maximum atomic E-state index is 12.1. The molecule has 4 N–H and O–H groups in total. The van der Waals surface area contributed by atoms with Crippen LogP contribution < -0.4 is 16.2 Å². The lowest BCUT2D eigenvalue weighted by atomic mass is 10.1. The predicted octanol–water partition coefficient (Wildman–Crippen LogP) is 1.38. The predicted molar refractivity (Wildman–Crippen MR) is 109 cm³/mol. The normalized spacial score (nSPS) is 10.9. The lowest BCUT2D eigenvalue weighted by Gasteiger charge is -2.08. The van der Waals surface area contributed by atoms with Gasteiger partial charge in [0.2, 0.25) is 0 Å². The summed E-state index contributed by atoms with van der Waals surface area (Å²) in [6.45, 7) is 0.375. The average Bonchev–Trinajstić information content (AvgIpc) is 3.16. The van der Waals surface area contributed by atoms with Crippen LogP contribution in [0.5, 0.6) is 0 Å². The Hall–Kier alpha value is -3.94. The van der Waals surface area contributed by atoms with Gasteiger partial charge < -0.3 is 15.6 Å². The third-order valence-electron chi connectivity index (χ3n) is 4.75. The number of H-pyrrole nitrogens is 2. The molecule has 8 heteroatoms. The molecule has 29 heavy (non-hydrogen) atoms. The van der Waals surface area contributed by atoms with Crippen LogP contribution in [0.15, 0.2) is 59.5 Å². The first-order valence-electron chi connectivity index (χ1n) is 9.21. The van der Waals surface area contributed by atoms with Gasteiger partial charge in [0, 0.05) is 29.0 Å². The molecular weight excluding hydrogens is 370 g/mol. The Bertz CT molecular complexity index is 1260. The van der Waals surface area contributed by atoms with Gasteiger partial charge in [-0.15, -0.1) is 0 Å². The van der Waals surface area contributed by atoms with Crippen LogP contribution >= 0.6 is 0 Å². The Morgan fingerprint density at radius 3 is 2.41 bits per heavy atom. The van der Waals surface area contributed by atoms with Crippen molar-refractivity contribution in [2.45, 2.75) is 13.0 Å². The second-order valence-electron chi connectivity index (χ2n) is 6.59. The van der Waals surface area contributed by atoms with Gasteiger partial charge in [0.15, 0.2) is 0 Å². The molecule has 0 spiro atoms. The molecule has 4 aromatic rings. The van der Waals surface area contributed by atoms with E-state index in [0.717, 1.165) is 16.5 Å². The van der Waals surface area contributed by atoms with E-state index in [2.05, 4.69) is 25.8 Å². The highest BCUT2D eigenvalue weighted by Gasteiger charge is 2.14. The largest absolute Gasteiger partial charge is 0.361 e. The summed E-state index contributed by atoms with van der Waals surface area (Å²) in [5, 5.41) is 13.8. The number of benzene rings is 2. The number of hydrogen-bond donors (Lipinski definition) is 4. The highest BCUT2D eigenvalue weighted by Crippen LogP contribution is 2.17. The molecule has 0 unspecified atom stereocenters. The van der Waals surface area contributed by atoms with Crippen molar-refractivity contribution in [2.24, 2.45) is 0 Å². The van der Waals surface area contributed by atoms with Crippen molar-refractivity contribution >= 4 is 33.5 Å². The molecule has 2 aromatic heterocycles. The highest BCUT2D eigenvalue weighted by molar-refractivity contribution is 6.35. The molecule has 0 aliphatic carbocycles. The van der Waals surface area contributed by atoms with Crippen LogP contribution in [0.4, 0.5) is 0 Å². The number of fused-ring (bicyclic) bond motifs is 2. The molecule has 0 aliphatic heterocycles. The first kappa shape index (κ1) is 18.4. The van der Waals surface area contributed by atoms with Crippen molar-refractivity contribution in [1.82, 2.24) is 25.8 Å². The van der Waals surface area contributed by atoms with Gasteiger partial charge in [-0.3, -0.25) is 14.4 Å². The number of nitrogens with zero attached hydrogens (tertiary/aromatic N) is 1. The van der Waals surface area contributed by atoms with Crippen molar-refractivity contribution in [3.63, 3.8) is 0 Å². The number of rotatable bonds is 5. The average molecular weight is 389 g/mol. The summed E-state index contributed by atoms with van der Waals surface area (Å²) in [7, 11) is 0. The minimum Gasteiger partial charge on any atom is -0.361 e. The highest BCUT2D eigenvalue weighted by atomic mass is 16.2. The quantitative estimate of drug-likeness (QED) is 0.386. The zero-order valence-corrected chi connectivity index (χ0v) is 15.5. The van der Waals surface area contributed by atoms with Crippen LogP contribution in [0.25, 0.3) is 21.7 Å². The van der Waals surface area contributed by atoms with Crippen molar-refractivity contribution in [3.05, 3.63) is 76.3 Å². The number of nitrogens with one attached hydrogen (secondary N) is 4. The minimum atomic E-state index is -0.749. The standard InChI is InChI=1S/C21H19N5O3/c27-19-16-7-2-1-6-15(16)18(25-26-19)12-24-21(29)20(28)22-10-9-13-11-23-17-8-4-3-5-14(13)17/h1-8,11,23H,9-10,12H2,(H,22,28)(H,24,29)(H,26,27). The maximum Gasteiger partial charge on any atom is 0.309 e. The van der Waals surface area contributed by atoms with Crippen molar-refractivity contribution in [3.8, 4) is 0 Å². The van der Waals surface area contributed by atoms with Crippen molar-refractivity contribution in [2.75, 3.05) is 6.54 Å². The van der Waals surface area contributed by atoms with E-state index in [1.165, 1.54) is 0 Å². The fourth-order valence-electron chi connectivity index (χ4n) is 3.28. The fraction of sp³-hybridized carbons (Fsp3) is 0.143. The molecule has 0 saturated heterocycles. The van der Waals surface area contributed by atoms with Crippen LogP contribution in [-0.4, -0.2) is 33.5 Å². The second kappa shape index (κ2) is 7.97. The first-order valence-corrected chi connectivity index (χ1v) is 9.21. The van der Waals surface area contributed by atoms with Crippen molar-refractivity contribution in [1.29, 1.82) is 0 Å². The molecule has 4 rings (SSSR count). The van der Waals surface area contributed by atoms with Gasteiger partial charge in [0.1, 0.15) is 0 Å². The van der Waals surface area contributed by atoms with Gasteiger partial charge in [0.25, 0.3) is 5.56 Å². The Kier molecular flexibility index (Phi) is 5.07. The SMILES string of the molecule is O=C(NCCc1c[nH]c2ccccc12)C(=O)NCc1n[nH]c(=O)c2ccccc12. The molecule has 2 heterocycles. The zero-order valence-electron chi connectivity index (χ0n) is 15.5. The first-order chi connectivity index (χ1) is 14.1. The third-order valence-corrected chi connectivity index (χ3v) is 4.75. The summed E-state index contributed by atoms with van der Waals surface area (Å²) in [6.07, 6.45) is 2.51. The van der Waals surface area contributed by atoms with Crippen LogP contribution in [0.3, 0.4) is 0 Å². The zero-order chi connectivity index (χ0) is 20.2. The van der Waals surface area contributed by atoms with E-state index in [0.29, 0.717) is 29.4 Å². The number of hydrogen-bond acceptors (Lipinski definition) is 4. The molecule has 0 fully saturated rings. The topological polar surface area (TPSA) is 120 Å². The van der Waals surface area contributed by atoms with E-state index in [9.17, 15) is 14.4 Å². The number of carbonyl (C=O) groups is 2. The summed E-state index contributed by atoms with van der Waals surface area (Å²) < 4.78 is 0. The molecular formula is C21H19N5O3. The Balaban J connectivity index is 1.33. The van der Waals surface area contributed by atoms with Gasteiger partial charge in [-0.25, -0.2) is 5.10 Å². The van der Waals surface area contributed by atoms with Gasteiger partial charge in [0.05, 0.1) is 17.6 Å². The fourth-order valence-corrected chi connectivity index (χ4v) is 3.28. The van der Waals surface area contributed by atoms with E-state index in [-0.39, 0.29) is 12.1 Å². The van der Waals surface area contributed by atoms with E-state index in [1.54, 1.807) is 24.3 Å². The van der Waals surface area contributed by atoms with E-state index < -0.39 is 11.8 Å². The maximum absolute atomic E-state index is 12.1. The summed E-state index contributed by atoms with van der Waals surface area (Å²) in [4.78, 5) is 39.1. The molecule has 0 atom stereocenters. The number of aromatic amines is 2. The number of amides is 2. The van der Waals surface area contributed by atoms with Gasteiger partial charge in [-0.05, 0) is 24.1 Å². The van der Waals surface area contributed by atoms with E-state index in [4.69, 9.17) is 0 Å². The van der Waals surface area contributed by atoms with Crippen LogP contribution in [-0.2, 0) is 22.6 Å². The number of carbonyl (C=O) groups excluding carboxylic acids is 2. The van der Waals surface area contributed by atoms with Crippen LogP contribution in [0.2, 0.25) is 0 Å². The molecule has 2 aromatic carbocycles. The summed E-state index contributed by atoms with van der Waals surface area (Å²) in [5.41, 5.74) is 2.29. The van der Waals surface area contributed by atoms with Crippen LogP contribution in [0.1, 0.15) is 11.3 Å². The molecule has 8 nitrogen and oxygen atoms in total. The summed E-state index contributed by atoms with van der Waals surface area (Å²) >= 11 is 0. The minimum absolute atomic E-state index is 0.0337. The van der Waals surface area contributed by atoms with Crippen LogP contribution in [0, 0.1) is 0 Å². The summed E-state index contributed by atoms with van der Waals surface area (Å²) in [6, 6.07) is 14.9. The van der Waals surface area contributed by atoms with E-state index >= 15 is 0 Å². The van der Waals surface area contributed by atoms with Gasteiger partial charge in [-0.2, -0.15) is 5.10 Å². The molecule has 146 valence electrons. The van der Waals surface area contributed by atoms with E-state index in [1.807, 2.05) is 30.5 Å². The molecule has 0 saturated carbocycles. The smallest absolute Gasteiger partial charge is 0.309 e. The number of para-hydroxylation sites is 1. The molecule has 0 radical (unpaired) electrons. The Morgan fingerprint density at radius 1 is 0.897 bits per heavy atom. The Morgan fingerprint density at radius 2 is 1.59 bits per heavy atom.